The molecule has 86 valence electrons. The molecule has 1 aliphatic carbocycles. The number of aliphatic imine (C=N–C) groups is 1. The van der Waals surface area contributed by atoms with Crippen LogP contribution in [0.25, 0.3) is 0 Å². The minimum Gasteiger partial charge on any atom is -0.409 e. The Morgan fingerprint density at radius 3 is 2.76 bits per heavy atom. The number of benzene rings is 1. The van der Waals surface area contributed by atoms with Crippen molar-refractivity contribution in [1.29, 1.82) is 0 Å². The number of ketones is 1. The van der Waals surface area contributed by atoms with Crippen LogP contribution in [0.2, 0.25) is 0 Å². The normalized spacial score (nSPS) is 18.8. The summed E-state index contributed by atoms with van der Waals surface area (Å²) < 4.78 is 4.96. The number of carbonyl (C=O) groups excluding carboxylic acids is 2. The van der Waals surface area contributed by atoms with E-state index in [0.29, 0.717) is 12.2 Å². The van der Waals surface area contributed by atoms with E-state index in [2.05, 4.69) is 4.99 Å². The standard InChI is InChI=1S/C13H11NO3/c15-11-7-6-10(8-11)9-14-13(16)17-12-4-2-1-3-5-12/h1-7,9-10H,8H2/b14-9+. The first kappa shape index (κ1) is 11.3. The third-order valence-corrected chi connectivity index (χ3v) is 2.29. The van der Waals surface area contributed by atoms with Crippen LogP contribution >= 0.6 is 0 Å². The van der Waals surface area contributed by atoms with Crippen LogP contribution in [0, 0.1) is 5.92 Å². The molecule has 0 N–H and O–H groups in total. The smallest absolute Gasteiger partial charge is 0.409 e. The Labute approximate surface area is 98.6 Å². The van der Waals surface area contributed by atoms with Crippen molar-refractivity contribution >= 4 is 18.1 Å². The molecule has 0 saturated carbocycles. The molecule has 1 aromatic rings. The molecule has 4 nitrogen and oxygen atoms in total. The van der Waals surface area contributed by atoms with Gasteiger partial charge in [-0.15, -0.1) is 0 Å². The van der Waals surface area contributed by atoms with Gasteiger partial charge in [0.1, 0.15) is 5.75 Å². The second kappa shape index (κ2) is 5.21. The van der Waals surface area contributed by atoms with E-state index in [0.717, 1.165) is 0 Å². The molecule has 17 heavy (non-hydrogen) atoms. The predicted molar refractivity (Wildman–Crippen MR) is 63.2 cm³/mol. The van der Waals surface area contributed by atoms with Gasteiger partial charge in [-0.3, -0.25) is 4.79 Å². The number of amides is 1. The molecule has 2 rings (SSSR count). The first-order chi connectivity index (χ1) is 8.24. The lowest BCUT2D eigenvalue weighted by molar-refractivity contribution is -0.114. The number of ether oxygens (including phenoxy) is 1. The number of carbonyl (C=O) groups is 2. The van der Waals surface area contributed by atoms with Crippen LogP contribution in [0.1, 0.15) is 6.42 Å². The second-order valence-corrected chi connectivity index (χ2v) is 3.65. The Morgan fingerprint density at radius 1 is 1.35 bits per heavy atom. The van der Waals surface area contributed by atoms with E-state index in [9.17, 15) is 9.59 Å². The maximum Gasteiger partial charge on any atom is 0.438 e. The largest absolute Gasteiger partial charge is 0.438 e. The first-order valence-electron chi connectivity index (χ1n) is 5.26. The summed E-state index contributed by atoms with van der Waals surface area (Å²) in [6.45, 7) is 0. The summed E-state index contributed by atoms with van der Waals surface area (Å²) in [6.07, 6.45) is 4.36. The van der Waals surface area contributed by atoms with Crippen LogP contribution < -0.4 is 4.74 Å². The molecule has 0 saturated heterocycles. The minimum absolute atomic E-state index is 0.0536. The highest BCUT2D eigenvalue weighted by atomic mass is 16.5. The van der Waals surface area contributed by atoms with Crippen LogP contribution in [0.5, 0.6) is 5.75 Å². The van der Waals surface area contributed by atoms with Gasteiger partial charge in [-0.25, -0.2) is 4.79 Å². The van der Waals surface area contributed by atoms with Crippen molar-refractivity contribution in [3.8, 4) is 5.75 Å². The Bertz CT molecular complexity index is 477. The third-order valence-electron chi connectivity index (χ3n) is 2.29. The zero-order chi connectivity index (χ0) is 12.1. The maximum atomic E-state index is 11.3. The van der Waals surface area contributed by atoms with E-state index < -0.39 is 6.09 Å². The Kier molecular flexibility index (Phi) is 3.45. The maximum absolute atomic E-state index is 11.3. The fraction of sp³-hybridized carbons (Fsp3) is 0.154. The summed E-state index contributed by atoms with van der Waals surface area (Å²) in [5, 5.41) is 0. The van der Waals surface area contributed by atoms with Gasteiger partial charge in [0.05, 0.1) is 0 Å². The molecular formula is C13H11NO3. The van der Waals surface area contributed by atoms with Gasteiger partial charge < -0.3 is 4.74 Å². The van der Waals surface area contributed by atoms with E-state index >= 15 is 0 Å². The van der Waals surface area contributed by atoms with Gasteiger partial charge >= 0.3 is 6.09 Å². The summed E-state index contributed by atoms with van der Waals surface area (Å²) in [4.78, 5) is 25.9. The lowest BCUT2D eigenvalue weighted by atomic mass is 10.1. The summed E-state index contributed by atoms with van der Waals surface area (Å²) in [6, 6.07) is 8.71. The van der Waals surface area contributed by atoms with E-state index in [1.807, 2.05) is 6.07 Å². The zero-order valence-electron chi connectivity index (χ0n) is 9.08. The molecule has 0 bridgehead atoms. The zero-order valence-corrected chi connectivity index (χ0v) is 9.08. The van der Waals surface area contributed by atoms with Crippen LogP contribution in [0.3, 0.4) is 0 Å². The number of rotatable bonds is 2. The monoisotopic (exact) mass is 229 g/mol. The van der Waals surface area contributed by atoms with E-state index in [-0.39, 0.29) is 11.7 Å². The average Bonchev–Trinajstić information content (AvgIpc) is 2.74. The molecule has 0 aromatic heterocycles. The topological polar surface area (TPSA) is 55.7 Å². The number of nitrogens with zero attached hydrogens (tertiary/aromatic N) is 1. The number of hydrogen-bond donors (Lipinski definition) is 0. The Morgan fingerprint density at radius 2 is 2.12 bits per heavy atom. The highest BCUT2D eigenvalue weighted by molar-refractivity contribution is 5.96. The van der Waals surface area contributed by atoms with Crippen LogP contribution in [0.4, 0.5) is 4.79 Å². The van der Waals surface area contributed by atoms with Gasteiger partial charge in [-0.05, 0) is 18.2 Å². The van der Waals surface area contributed by atoms with Crippen molar-refractivity contribution in [1.82, 2.24) is 0 Å². The fourth-order valence-corrected chi connectivity index (χ4v) is 1.47. The average molecular weight is 229 g/mol. The van der Waals surface area contributed by atoms with Crippen molar-refractivity contribution in [2.75, 3.05) is 0 Å². The SMILES string of the molecule is O=C1C=CC(/C=N/C(=O)Oc2ccccc2)C1. The Balaban J connectivity index is 1.88. The molecular weight excluding hydrogens is 218 g/mol. The van der Waals surface area contributed by atoms with E-state index in [4.69, 9.17) is 4.74 Å². The number of allylic oxidation sites excluding steroid dienone is 2. The van der Waals surface area contributed by atoms with Gasteiger partial charge in [0.15, 0.2) is 5.78 Å². The lowest BCUT2D eigenvalue weighted by Crippen LogP contribution is -2.05. The molecule has 0 radical (unpaired) electrons. The van der Waals surface area contributed by atoms with Crippen molar-refractivity contribution in [2.45, 2.75) is 6.42 Å². The fourth-order valence-electron chi connectivity index (χ4n) is 1.47. The molecule has 0 fully saturated rings. The summed E-state index contributed by atoms with van der Waals surface area (Å²) in [5.74, 6) is 0.413. The molecule has 1 atom stereocenters. The first-order valence-corrected chi connectivity index (χ1v) is 5.26. The summed E-state index contributed by atoms with van der Waals surface area (Å²) in [5.41, 5.74) is 0. The molecule has 0 heterocycles. The highest BCUT2D eigenvalue weighted by Gasteiger charge is 2.14. The molecule has 1 amide bonds. The number of hydrogen-bond acceptors (Lipinski definition) is 3. The van der Waals surface area contributed by atoms with Gasteiger partial charge in [0, 0.05) is 18.6 Å². The van der Waals surface area contributed by atoms with Crippen molar-refractivity contribution in [3.05, 3.63) is 42.5 Å². The van der Waals surface area contributed by atoms with Crippen LogP contribution in [-0.2, 0) is 4.79 Å². The molecule has 0 aliphatic heterocycles. The van der Waals surface area contributed by atoms with E-state index in [1.165, 1.54) is 12.3 Å². The van der Waals surface area contributed by atoms with Gasteiger partial charge in [0.2, 0.25) is 0 Å². The lowest BCUT2D eigenvalue weighted by Gasteiger charge is -2.00. The van der Waals surface area contributed by atoms with Crippen LogP contribution in [-0.4, -0.2) is 18.1 Å². The van der Waals surface area contributed by atoms with Gasteiger partial charge in [-0.2, -0.15) is 4.99 Å². The molecule has 4 heteroatoms. The van der Waals surface area contributed by atoms with Crippen LogP contribution in [0.15, 0.2) is 47.5 Å². The molecule has 1 unspecified atom stereocenters. The third kappa shape index (κ3) is 3.38. The predicted octanol–water partition coefficient (Wildman–Crippen LogP) is 2.40. The molecule has 1 aromatic carbocycles. The summed E-state index contributed by atoms with van der Waals surface area (Å²) >= 11 is 0. The Hall–Kier alpha value is -2.23. The van der Waals surface area contributed by atoms with Gasteiger partial charge in [-0.1, -0.05) is 24.3 Å². The minimum atomic E-state index is -0.677. The van der Waals surface area contributed by atoms with E-state index in [1.54, 1.807) is 30.3 Å². The molecule has 0 spiro atoms. The van der Waals surface area contributed by atoms with Crippen molar-refractivity contribution in [3.63, 3.8) is 0 Å². The summed E-state index contributed by atoms with van der Waals surface area (Å²) in [7, 11) is 0. The van der Waals surface area contributed by atoms with Crippen molar-refractivity contribution in [2.24, 2.45) is 10.9 Å². The highest BCUT2D eigenvalue weighted by Crippen LogP contribution is 2.12. The second-order valence-electron chi connectivity index (χ2n) is 3.65. The quantitative estimate of drug-likeness (QED) is 0.731. The number of para-hydroxylation sites is 1. The molecule has 1 aliphatic rings. The van der Waals surface area contributed by atoms with Gasteiger partial charge in [0.25, 0.3) is 0 Å². The van der Waals surface area contributed by atoms with Crippen molar-refractivity contribution < 1.29 is 14.3 Å².